The van der Waals surface area contributed by atoms with Crippen LogP contribution < -0.4 is 5.32 Å². The number of hydrogen-bond donors (Lipinski definition) is 1. The van der Waals surface area contributed by atoms with Crippen LogP contribution in [0.2, 0.25) is 0 Å². The number of aryl methyl sites for hydroxylation is 3. The Hall–Kier alpha value is -0.820. The van der Waals surface area contributed by atoms with Gasteiger partial charge in [0.05, 0.1) is 0 Å². The average Bonchev–Trinajstić information content (AvgIpc) is 2.25. The fourth-order valence-electron chi connectivity index (χ4n) is 2.73. The van der Waals surface area contributed by atoms with Crippen molar-refractivity contribution in [3.8, 4) is 0 Å². The summed E-state index contributed by atoms with van der Waals surface area (Å²) in [6.45, 7) is 14.5. The first kappa shape index (κ1) is 14.2. The maximum atomic E-state index is 3.65. The summed E-state index contributed by atoms with van der Waals surface area (Å²) >= 11 is 0. The molecule has 0 fully saturated rings. The van der Waals surface area contributed by atoms with E-state index in [0.717, 1.165) is 6.54 Å². The summed E-state index contributed by atoms with van der Waals surface area (Å²) < 4.78 is 0. The molecular weight excluding hydrogens is 206 g/mol. The molecule has 0 aliphatic heterocycles. The average molecular weight is 233 g/mol. The normalized spacial score (nSPS) is 14.7. The van der Waals surface area contributed by atoms with E-state index < -0.39 is 0 Å². The summed E-state index contributed by atoms with van der Waals surface area (Å²) in [6, 6.07) is 5.09. The van der Waals surface area contributed by atoms with E-state index >= 15 is 0 Å². The van der Waals surface area contributed by atoms with Gasteiger partial charge >= 0.3 is 0 Å². The molecule has 0 aliphatic rings. The molecule has 0 bridgehead atoms. The molecule has 0 saturated carbocycles. The minimum Gasteiger partial charge on any atom is -0.310 e. The van der Waals surface area contributed by atoms with E-state index in [9.17, 15) is 0 Å². The lowest BCUT2D eigenvalue weighted by Crippen LogP contribution is -2.28. The van der Waals surface area contributed by atoms with Gasteiger partial charge in [-0.15, -0.1) is 0 Å². The van der Waals surface area contributed by atoms with E-state index in [1.165, 1.54) is 28.7 Å². The molecule has 1 heteroatoms. The third kappa shape index (κ3) is 3.32. The summed E-state index contributed by atoms with van der Waals surface area (Å²) in [4.78, 5) is 0. The fourth-order valence-corrected chi connectivity index (χ4v) is 2.73. The quantitative estimate of drug-likeness (QED) is 0.799. The van der Waals surface area contributed by atoms with Crippen LogP contribution in [0.3, 0.4) is 0 Å². The molecule has 2 atom stereocenters. The summed E-state index contributed by atoms with van der Waals surface area (Å²) in [6.07, 6.45) is 1.21. The van der Waals surface area contributed by atoms with Gasteiger partial charge in [0.2, 0.25) is 0 Å². The third-order valence-electron chi connectivity index (χ3n) is 3.69. The molecule has 96 valence electrons. The zero-order chi connectivity index (χ0) is 13.0. The second kappa shape index (κ2) is 6.20. The second-order valence-electron chi connectivity index (χ2n) is 5.23. The summed E-state index contributed by atoms with van der Waals surface area (Å²) in [7, 11) is 0. The molecule has 2 unspecified atom stereocenters. The van der Waals surface area contributed by atoms with Gasteiger partial charge in [0.15, 0.2) is 0 Å². The zero-order valence-electron chi connectivity index (χ0n) is 12.2. The van der Waals surface area contributed by atoms with Crippen LogP contribution in [0, 0.1) is 26.7 Å². The Morgan fingerprint density at radius 1 is 1.06 bits per heavy atom. The van der Waals surface area contributed by atoms with Gasteiger partial charge < -0.3 is 5.32 Å². The lowest BCUT2D eigenvalue weighted by atomic mass is 9.86. The molecule has 0 amide bonds. The van der Waals surface area contributed by atoms with Gasteiger partial charge in [-0.25, -0.2) is 0 Å². The Bertz CT molecular complexity index is 345. The van der Waals surface area contributed by atoms with Crippen molar-refractivity contribution in [1.29, 1.82) is 0 Å². The Balaban J connectivity index is 3.18. The highest BCUT2D eigenvalue weighted by atomic mass is 14.9. The van der Waals surface area contributed by atoms with E-state index in [1.54, 1.807) is 0 Å². The zero-order valence-corrected chi connectivity index (χ0v) is 12.2. The molecule has 1 N–H and O–H groups in total. The summed E-state index contributed by atoms with van der Waals surface area (Å²) in [5.41, 5.74) is 5.72. The van der Waals surface area contributed by atoms with E-state index in [0.29, 0.717) is 12.0 Å². The first-order valence-corrected chi connectivity index (χ1v) is 6.82. The Morgan fingerprint density at radius 2 is 1.59 bits per heavy atom. The van der Waals surface area contributed by atoms with Crippen molar-refractivity contribution in [2.45, 2.75) is 54.0 Å². The highest BCUT2D eigenvalue weighted by Gasteiger charge is 2.20. The minimum atomic E-state index is 0.491. The molecule has 1 rings (SSSR count). The highest BCUT2D eigenvalue weighted by Crippen LogP contribution is 2.30. The molecule has 0 aliphatic carbocycles. The monoisotopic (exact) mass is 233 g/mol. The standard InChI is InChI=1S/C16H27N/c1-7-12(4)16(17-8-2)15-13(5)9-11(3)10-14(15)6/h9-10,12,16-17H,7-8H2,1-6H3. The van der Waals surface area contributed by atoms with Crippen LogP contribution in [0.15, 0.2) is 12.1 Å². The number of nitrogens with one attached hydrogen (secondary N) is 1. The van der Waals surface area contributed by atoms with Gasteiger partial charge in [0.1, 0.15) is 0 Å². The van der Waals surface area contributed by atoms with E-state index in [1.807, 2.05) is 0 Å². The van der Waals surface area contributed by atoms with Crippen molar-refractivity contribution in [3.63, 3.8) is 0 Å². The third-order valence-corrected chi connectivity index (χ3v) is 3.69. The van der Waals surface area contributed by atoms with Gasteiger partial charge in [0.25, 0.3) is 0 Å². The van der Waals surface area contributed by atoms with E-state index in [2.05, 4.69) is 59.0 Å². The molecule has 1 aromatic carbocycles. The maximum absolute atomic E-state index is 3.65. The van der Waals surface area contributed by atoms with E-state index in [4.69, 9.17) is 0 Å². The molecule has 0 heterocycles. The second-order valence-corrected chi connectivity index (χ2v) is 5.23. The molecule has 17 heavy (non-hydrogen) atoms. The van der Waals surface area contributed by atoms with Gasteiger partial charge in [-0.1, -0.05) is 44.9 Å². The van der Waals surface area contributed by atoms with Crippen molar-refractivity contribution >= 4 is 0 Å². The largest absolute Gasteiger partial charge is 0.310 e. The molecule has 0 saturated heterocycles. The van der Waals surface area contributed by atoms with Crippen LogP contribution in [0.25, 0.3) is 0 Å². The van der Waals surface area contributed by atoms with Gasteiger partial charge in [-0.05, 0) is 49.9 Å². The first-order valence-electron chi connectivity index (χ1n) is 6.82. The molecule has 1 nitrogen and oxygen atoms in total. The van der Waals surface area contributed by atoms with Crippen molar-refractivity contribution in [2.24, 2.45) is 5.92 Å². The summed E-state index contributed by atoms with van der Waals surface area (Å²) in [5.74, 6) is 0.676. The van der Waals surface area contributed by atoms with Crippen molar-refractivity contribution in [1.82, 2.24) is 5.32 Å². The van der Waals surface area contributed by atoms with Gasteiger partial charge in [0, 0.05) is 6.04 Å². The predicted octanol–water partition coefficient (Wildman–Crippen LogP) is 4.31. The number of benzene rings is 1. The Labute approximate surface area is 107 Å². The SMILES string of the molecule is CCNC(c1c(C)cc(C)cc1C)C(C)CC. The minimum absolute atomic E-state index is 0.491. The molecule has 0 aromatic heterocycles. The maximum Gasteiger partial charge on any atom is 0.0351 e. The molecule has 0 radical (unpaired) electrons. The Kier molecular flexibility index (Phi) is 5.20. The van der Waals surface area contributed by atoms with E-state index in [-0.39, 0.29) is 0 Å². The number of rotatable bonds is 5. The van der Waals surface area contributed by atoms with Crippen LogP contribution in [0.4, 0.5) is 0 Å². The molecule has 1 aromatic rings. The predicted molar refractivity (Wildman–Crippen MR) is 76.5 cm³/mol. The van der Waals surface area contributed by atoms with Crippen LogP contribution >= 0.6 is 0 Å². The first-order chi connectivity index (χ1) is 8.01. The van der Waals surface area contributed by atoms with Crippen molar-refractivity contribution in [2.75, 3.05) is 6.54 Å². The topological polar surface area (TPSA) is 12.0 Å². The van der Waals surface area contributed by atoms with Gasteiger partial charge in [-0.3, -0.25) is 0 Å². The number of hydrogen-bond acceptors (Lipinski definition) is 1. The van der Waals surface area contributed by atoms with Crippen molar-refractivity contribution < 1.29 is 0 Å². The van der Waals surface area contributed by atoms with Crippen LogP contribution in [0.5, 0.6) is 0 Å². The molecule has 0 spiro atoms. The molecular formula is C16H27N. The summed E-state index contributed by atoms with van der Waals surface area (Å²) in [5, 5.41) is 3.65. The fraction of sp³-hybridized carbons (Fsp3) is 0.625. The highest BCUT2D eigenvalue weighted by molar-refractivity contribution is 5.40. The van der Waals surface area contributed by atoms with Gasteiger partial charge in [-0.2, -0.15) is 0 Å². The van der Waals surface area contributed by atoms with Crippen molar-refractivity contribution in [3.05, 3.63) is 34.4 Å². The van der Waals surface area contributed by atoms with Crippen LogP contribution in [-0.2, 0) is 0 Å². The lowest BCUT2D eigenvalue weighted by molar-refractivity contribution is 0.381. The van der Waals surface area contributed by atoms with Crippen LogP contribution in [-0.4, -0.2) is 6.54 Å². The lowest BCUT2D eigenvalue weighted by Gasteiger charge is -2.28. The smallest absolute Gasteiger partial charge is 0.0351 e. The van der Waals surface area contributed by atoms with Crippen LogP contribution in [0.1, 0.15) is 55.5 Å². The Morgan fingerprint density at radius 3 is 2.00 bits per heavy atom.